The molecule has 1 saturated heterocycles. The summed E-state index contributed by atoms with van der Waals surface area (Å²) in [4.78, 5) is 42.3. The van der Waals surface area contributed by atoms with E-state index in [0.29, 0.717) is 5.69 Å². The summed E-state index contributed by atoms with van der Waals surface area (Å²) in [6, 6.07) is 10.1. The van der Waals surface area contributed by atoms with Gasteiger partial charge in [0, 0.05) is 37.8 Å². The van der Waals surface area contributed by atoms with Crippen LogP contribution in [0.25, 0.3) is 0 Å². The van der Waals surface area contributed by atoms with Crippen molar-refractivity contribution < 1.29 is 50.6 Å². The number of aliphatic hydroxyl groups is 1. The predicted octanol–water partition coefficient (Wildman–Crippen LogP) is 2.07. The molecule has 45 heavy (non-hydrogen) atoms. The van der Waals surface area contributed by atoms with Crippen LogP contribution in [0.2, 0.25) is 0 Å². The molecule has 1 spiro atoms. The van der Waals surface area contributed by atoms with Crippen LogP contribution in [0.3, 0.4) is 0 Å². The van der Waals surface area contributed by atoms with Gasteiger partial charge in [0.25, 0.3) is 11.8 Å². The molecule has 0 aliphatic carbocycles. The number of aliphatic hydroxyl groups excluding tert-OH is 1. The first-order valence-corrected chi connectivity index (χ1v) is 15.6. The first-order chi connectivity index (χ1) is 21.1. The summed E-state index contributed by atoms with van der Waals surface area (Å²) in [7, 11) is -3.73. The van der Waals surface area contributed by atoms with Gasteiger partial charge in [-0.25, -0.2) is 12.7 Å². The first-order valence-electron chi connectivity index (χ1n) is 14.0. The van der Waals surface area contributed by atoms with E-state index in [1.54, 1.807) is 25.1 Å². The van der Waals surface area contributed by atoms with E-state index in [2.05, 4.69) is 15.0 Å². The van der Waals surface area contributed by atoms with E-state index >= 15 is 0 Å². The van der Waals surface area contributed by atoms with Crippen molar-refractivity contribution in [3.8, 4) is 5.75 Å². The lowest BCUT2D eigenvalue weighted by molar-refractivity contribution is -0.274. The summed E-state index contributed by atoms with van der Waals surface area (Å²) in [5, 5.41) is 12.0. The van der Waals surface area contributed by atoms with Gasteiger partial charge in [-0.3, -0.25) is 19.4 Å². The normalized spacial score (nSPS) is 16.7. The molecule has 2 N–H and O–H groups in total. The highest BCUT2D eigenvalue weighted by Crippen LogP contribution is 2.33. The Labute approximate surface area is 257 Å². The average molecular weight is 655 g/mol. The van der Waals surface area contributed by atoms with Crippen molar-refractivity contribution in [1.82, 2.24) is 9.62 Å². The third-order valence-corrected chi connectivity index (χ3v) is 9.43. The Hall–Kier alpha value is -4.02. The Balaban J connectivity index is 1.38. The molecule has 12 nitrogen and oxygen atoms in total. The monoisotopic (exact) mass is 654 g/mol. The number of nitrogens with one attached hydrogen (secondary N) is 1. The van der Waals surface area contributed by atoms with Gasteiger partial charge < -0.3 is 24.8 Å². The van der Waals surface area contributed by atoms with Gasteiger partial charge in [0.2, 0.25) is 10.0 Å². The maximum Gasteiger partial charge on any atom is 0.573 e. The number of carbonyl (C=O) groups is 3. The SMILES string of the molecule is CC(=O)OCC(=O)N(CCO)c1ccc(CCS(=O)(=O)N2CCC3(CC2)N=C(c2cccc(OC(F)(F)F)c2)NC3=O)c(C)c1. The molecule has 2 aromatic rings. The molecule has 2 amide bonds. The average Bonchev–Trinajstić information content (AvgIpc) is 3.28. The first kappa shape index (κ1) is 33.9. The number of sulfonamides is 1. The molecule has 244 valence electrons. The molecule has 0 aromatic heterocycles. The maximum absolute atomic E-state index is 13.2. The van der Waals surface area contributed by atoms with Gasteiger partial charge in [-0.1, -0.05) is 18.2 Å². The van der Waals surface area contributed by atoms with E-state index in [1.807, 2.05) is 0 Å². The maximum atomic E-state index is 13.2. The van der Waals surface area contributed by atoms with Crippen LogP contribution < -0.4 is 15.0 Å². The van der Waals surface area contributed by atoms with Crippen molar-refractivity contribution in [3.63, 3.8) is 0 Å². The highest BCUT2D eigenvalue weighted by Gasteiger charge is 2.47. The van der Waals surface area contributed by atoms with Crippen LogP contribution in [0.4, 0.5) is 18.9 Å². The minimum absolute atomic E-state index is 0.0217. The number of ether oxygens (including phenoxy) is 2. The number of nitrogens with zero attached hydrogens (tertiary/aromatic N) is 3. The second-order valence-electron chi connectivity index (χ2n) is 10.6. The van der Waals surface area contributed by atoms with Gasteiger partial charge in [0.1, 0.15) is 17.1 Å². The third kappa shape index (κ3) is 8.38. The number of rotatable bonds is 11. The van der Waals surface area contributed by atoms with E-state index in [-0.39, 0.29) is 62.7 Å². The Morgan fingerprint density at radius 2 is 1.87 bits per heavy atom. The largest absolute Gasteiger partial charge is 0.573 e. The van der Waals surface area contributed by atoms with Crippen molar-refractivity contribution in [2.24, 2.45) is 4.99 Å². The number of halogens is 3. The minimum Gasteiger partial charge on any atom is -0.456 e. The lowest BCUT2D eigenvalue weighted by Crippen LogP contribution is -2.50. The van der Waals surface area contributed by atoms with E-state index in [4.69, 9.17) is 4.74 Å². The zero-order chi connectivity index (χ0) is 33.0. The lowest BCUT2D eigenvalue weighted by atomic mass is 9.89. The smallest absolute Gasteiger partial charge is 0.456 e. The molecule has 0 saturated carbocycles. The highest BCUT2D eigenvalue weighted by molar-refractivity contribution is 7.89. The lowest BCUT2D eigenvalue weighted by Gasteiger charge is -2.34. The molecular weight excluding hydrogens is 621 g/mol. The number of aliphatic imine (C=N–C) groups is 1. The van der Waals surface area contributed by atoms with Crippen LogP contribution in [-0.2, 0) is 35.6 Å². The number of alkyl halides is 3. The van der Waals surface area contributed by atoms with Crippen molar-refractivity contribution in [2.45, 2.75) is 45.0 Å². The number of aryl methyl sites for hydroxylation is 2. The summed E-state index contributed by atoms with van der Waals surface area (Å²) < 4.78 is 74.4. The number of anilines is 1. The number of benzene rings is 2. The van der Waals surface area contributed by atoms with E-state index in [9.17, 15) is 41.1 Å². The van der Waals surface area contributed by atoms with Gasteiger partial charge in [-0.05, 0) is 61.6 Å². The fourth-order valence-electron chi connectivity index (χ4n) is 5.20. The Morgan fingerprint density at radius 1 is 1.16 bits per heavy atom. The zero-order valence-electron chi connectivity index (χ0n) is 24.6. The molecule has 1 fully saturated rings. The Morgan fingerprint density at radius 3 is 2.49 bits per heavy atom. The second kappa shape index (κ2) is 13.5. The molecule has 2 aliphatic heterocycles. The van der Waals surface area contributed by atoms with Gasteiger partial charge in [0.05, 0.1) is 12.4 Å². The molecule has 0 bridgehead atoms. The van der Waals surface area contributed by atoms with Gasteiger partial charge in [-0.2, -0.15) is 0 Å². The highest BCUT2D eigenvalue weighted by atomic mass is 32.2. The fourth-order valence-corrected chi connectivity index (χ4v) is 6.68. The molecule has 2 aromatic carbocycles. The molecule has 2 aliphatic rings. The van der Waals surface area contributed by atoms with Crippen LogP contribution in [0.5, 0.6) is 5.75 Å². The van der Waals surface area contributed by atoms with Gasteiger partial charge in [0.15, 0.2) is 6.61 Å². The minimum atomic E-state index is -4.88. The summed E-state index contributed by atoms with van der Waals surface area (Å²) >= 11 is 0. The van der Waals surface area contributed by atoms with E-state index in [0.717, 1.165) is 23.3 Å². The molecular formula is C29H33F3N4O8S. The number of amidine groups is 1. The van der Waals surface area contributed by atoms with Crippen LogP contribution >= 0.6 is 0 Å². The van der Waals surface area contributed by atoms with Gasteiger partial charge >= 0.3 is 12.3 Å². The number of hydrogen-bond acceptors (Lipinski definition) is 9. The summed E-state index contributed by atoms with van der Waals surface area (Å²) in [6.07, 6.45) is -4.51. The van der Waals surface area contributed by atoms with Crippen molar-refractivity contribution >= 4 is 39.3 Å². The standard InChI is InChI=1S/C29H33F3N4O8S/c1-19-16-23(36(13-14-37)25(39)18-43-20(2)38)7-6-21(19)8-15-45(41,42)35-11-9-28(10-12-35)27(40)33-26(34-28)22-4-3-5-24(17-22)44-29(30,31)32/h3-7,16-17,37H,8-15,18H2,1-2H3,(H,33,34,40). The van der Waals surface area contributed by atoms with E-state index in [1.165, 1.54) is 28.3 Å². The van der Waals surface area contributed by atoms with Crippen LogP contribution in [0.1, 0.15) is 36.5 Å². The zero-order valence-corrected chi connectivity index (χ0v) is 25.4. The predicted molar refractivity (Wildman–Crippen MR) is 156 cm³/mol. The topological polar surface area (TPSA) is 155 Å². The van der Waals surface area contributed by atoms with Crippen molar-refractivity contribution in [3.05, 3.63) is 59.2 Å². The van der Waals surface area contributed by atoms with Crippen LogP contribution in [0.15, 0.2) is 47.5 Å². The molecule has 4 rings (SSSR count). The molecule has 2 heterocycles. The fraction of sp³-hybridized carbons (Fsp3) is 0.448. The molecule has 0 atom stereocenters. The van der Waals surface area contributed by atoms with E-state index < -0.39 is 52.1 Å². The Bertz CT molecular complexity index is 1590. The molecule has 16 heteroatoms. The molecule has 0 unspecified atom stereocenters. The number of carbonyl (C=O) groups excluding carboxylic acids is 3. The summed E-state index contributed by atoms with van der Waals surface area (Å²) in [5.74, 6) is -2.16. The quantitative estimate of drug-likeness (QED) is 0.349. The molecule has 0 radical (unpaired) electrons. The van der Waals surface area contributed by atoms with Crippen molar-refractivity contribution in [2.75, 3.05) is 43.5 Å². The van der Waals surface area contributed by atoms with Crippen molar-refractivity contribution in [1.29, 1.82) is 0 Å². The Kier molecular flexibility index (Phi) is 10.2. The third-order valence-electron chi connectivity index (χ3n) is 7.56. The second-order valence-corrected chi connectivity index (χ2v) is 12.7. The number of esters is 1. The number of piperidine rings is 1. The summed E-state index contributed by atoms with van der Waals surface area (Å²) in [6.45, 7) is 2.18. The number of amides is 2. The van der Waals surface area contributed by atoms with Gasteiger partial charge in [-0.15, -0.1) is 13.2 Å². The number of hydrogen-bond donors (Lipinski definition) is 2. The van der Waals surface area contributed by atoms with Crippen LogP contribution in [-0.4, -0.2) is 92.0 Å². The van der Waals surface area contributed by atoms with Crippen LogP contribution in [0, 0.1) is 6.92 Å². The summed E-state index contributed by atoms with van der Waals surface area (Å²) in [5.41, 5.74) is 0.904.